The van der Waals surface area contributed by atoms with E-state index in [0.29, 0.717) is 15.7 Å². The van der Waals surface area contributed by atoms with E-state index in [1.54, 1.807) is 43.1 Å². The number of aromatic nitrogens is 3. The molecule has 3 rings (SSSR count). The van der Waals surface area contributed by atoms with Gasteiger partial charge in [-0.15, -0.1) is 0 Å². The molecule has 2 heterocycles. The van der Waals surface area contributed by atoms with Crippen LogP contribution < -0.4 is 5.73 Å². The quantitative estimate of drug-likeness (QED) is 0.783. The lowest BCUT2D eigenvalue weighted by atomic mass is 10.2. The fourth-order valence-electron chi connectivity index (χ4n) is 1.98. The summed E-state index contributed by atoms with van der Waals surface area (Å²) in [5.74, 6) is 0. The minimum absolute atomic E-state index is 0.541. The van der Waals surface area contributed by atoms with Crippen LogP contribution in [-0.2, 0) is 0 Å². The molecule has 100 valence electrons. The fraction of sp³-hybridized carbons (Fsp3) is 0. The molecule has 0 bridgehead atoms. The summed E-state index contributed by atoms with van der Waals surface area (Å²) in [7, 11) is 0. The summed E-state index contributed by atoms with van der Waals surface area (Å²) < 4.78 is 1.85. The summed E-state index contributed by atoms with van der Waals surface area (Å²) in [5.41, 5.74) is 9.02. The molecule has 4 nitrogen and oxygen atoms in total. The van der Waals surface area contributed by atoms with Crippen molar-refractivity contribution in [1.29, 1.82) is 0 Å². The molecule has 2 aromatic heterocycles. The normalized spacial score (nSPS) is 10.7. The van der Waals surface area contributed by atoms with Gasteiger partial charge >= 0.3 is 0 Å². The molecule has 0 aliphatic rings. The summed E-state index contributed by atoms with van der Waals surface area (Å²) in [4.78, 5) is 8.27. The molecular weight excluding hydrogens is 295 g/mol. The average Bonchev–Trinajstić information content (AvgIpc) is 2.88. The number of hydrogen-bond acceptors (Lipinski definition) is 3. The monoisotopic (exact) mass is 304 g/mol. The summed E-state index contributed by atoms with van der Waals surface area (Å²) >= 11 is 12.2. The second-order valence-electron chi connectivity index (χ2n) is 4.21. The molecular formula is C14H10Cl2N4. The second kappa shape index (κ2) is 5.15. The lowest BCUT2D eigenvalue weighted by Gasteiger charge is -2.11. The molecule has 3 aromatic rings. The van der Waals surface area contributed by atoms with Crippen LogP contribution >= 0.6 is 23.2 Å². The lowest BCUT2D eigenvalue weighted by Crippen LogP contribution is -1.99. The van der Waals surface area contributed by atoms with Gasteiger partial charge in [-0.25, -0.2) is 4.98 Å². The van der Waals surface area contributed by atoms with Gasteiger partial charge in [0, 0.05) is 28.7 Å². The van der Waals surface area contributed by atoms with Crippen LogP contribution in [0.1, 0.15) is 0 Å². The standard InChI is InChI=1S/C14H10Cl2N4/c15-9-1-2-13(11(16)5-9)20-8-19-7-14(20)10-6-18-4-3-12(10)17/h1-8H,(H2,17,18). The third kappa shape index (κ3) is 2.24. The van der Waals surface area contributed by atoms with Crippen LogP contribution in [0.25, 0.3) is 16.9 Å². The first kappa shape index (κ1) is 13.0. The van der Waals surface area contributed by atoms with Gasteiger partial charge in [-0.1, -0.05) is 23.2 Å². The van der Waals surface area contributed by atoms with E-state index in [1.165, 1.54) is 0 Å². The van der Waals surface area contributed by atoms with Gasteiger partial charge in [-0.05, 0) is 24.3 Å². The highest BCUT2D eigenvalue weighted by atomic mass is 35.5. The van der Waals surface area contributed by atoms with Crippen LogP contribution in [0.5, 0.6) is 0 Å². The van der Waals surface area contributed by atoms with E-state index in [1.807, 2.05) is 10.6 Å². The molecule has 0 aliphatic heterocycles. The Kier molecular flexibility index (Phi) is 3.34. The van der Waals surface area contributed by atoms with Crippen molar-refractivity contribution in [3.8, 4) is 16.9 Å². The number of hydrogen-bond donors (Lipinski definition) is 1. The number of halogens is 2. The first-order chi connectivity index (χ1) is 9.66. The minimum atomic E-state index is 0.541. The molecule has 2 N–H and O–H groups in total. The minimum Gasteiger partial charge on any atom is -0.398 e. The van der Waals surface area contributed by atoms with Crippen LogP contribution in [0.3, 0.4) is 0 Å². The number of pyridine rings is 1. The molecule has 1 aromatic carbocycles. The first-order valence-electron chi connectivity index (χ1n) is 5.84. The van der Waals surface area contributed by atoms with Crippen molar-refractivity contribution in [3.63, 3.8) is 0 Å². The lowest BCUT2D eigenvalue weighted by molar-refractivity contribution is 1.06. The average molecular weight is 305 g/mol. The molecule has 0 radical (unpaired) electrons. The Balaban J connectivity index is 2.18. The van der Waals surface area contributed by atoms with Crippen molar-refractivity contribution >= 4 is 28.9 Å². The molecule has 0 aliphatic carbocycles. The molecule has 20 heavy (non-hydrogen) atoms. The molecule has 0 saturated carbocycles. The largest absolute Gasteiger partial charge is 0.398 e. The molecule has 0 fully saturated rings. The molecule has 0 spiro atoms. The highest BCUT2D eigenvalue weighted by molar-refractivity contribution is 6.35. The highest BCUT2D eigenvalue weighted by Gasteiger charge is 2.12. The van der Waals surface area contributed by atoms with Crippen molar-refractivity contribution in [2.24, 2.45) is 0 Å². The number of nitrogens with two attached hydrogens (primary N) is 1. The Bertz CT molecular complexity index is 767. The Morgan fingerprint density at radius 2 is 1.90 bits per heavy atom. The van der Waals surface area contributed by atoms with Crippen LogP contribution in [0, 0.1) is 0 Å². The van der Waals surface area contributed by atoms with Gasteiger partial charge < -0.3 is 5.73 Å². The summed E-state index contributed by atoms with van der Waals surface area (Å²) in [6, 6.07) is 7.05. The highest BCUT2D eigenvalue weighted by Crippen LogP contribution is 2.30. The van der Waals surface area contributed by atoms with Crippen molar-refractivity contribution in [2.45, 2.75) is 0 Å². The van der Waals surface area contributed by atoms with Crippen molar-refractivity contribution < 1.29 is 0 Å². The summed E-state index contributed by atoms with van der Waals surface area (Å²) in [5, 5.41) is 1.13. The van der Waals surface area contributed by atoms with Gasteiger partial charge in [0.15, 0.2) is 0 Å². The van der Waals surface area contributed by atoms with Gasteiger partial charge in [0.2, 0.25) is 0 Å². The number of imidazole rings is 1. The van der Waals surface area contributed by atoms with E-state index in [2.05, 4.69) is 9.97 Å². The van der Waals surface area contributed by atoms with Crippen LogP contribution in [0.2, 0.25) is 10.0 Å². The third-order valence-electron chi connectivity index (χ3n) is 2.94. The molecule has 0 unspecified atom stereocenters. The Morgan fingerprint density at radius 1 is 1.05 bits per heavy atom. The van der Waals surface area contributed by atoms with E-state index in [0.717, 1.165) is 16.9 Å². The predicted octanol–water partition coefficient (Wildman–Crippen LogP) is 3.82. The molecule has 0 amide bonds. The first-order valence-corrected chi connectivity index (χ1v) is 6.60. The number of nitrogen functional groups attached to an aromatic ring is 1. The van der Waals surface area contributed by atoms with Crippen LogP contribution in [-0.4, -0.2) is 14.5 Å². The van der Waals surface area contributed by atoms with Gasteiger partial charge in [-0.2, -0.15) is 0 Å². The van der Waals surface area contributed by atoms with Gasteiger partial charge in [0.25, 0.3) is 0 Å². The number of anilines is 1. The van der Waals surface area contributed by atoms with E-state index in [4.69, 9.17) is 28.9 Å². The van der Waals surface area contributed by atoms with E-state index in [9.17, 15) is 0 Å². The zero-order chi connectivity index (χ0) is 14.1. The summed E-state index contributed by atoms with van der Waals surface area (Å²) in [6.07, 6.45) is 6.75. The maximum absolute atomic E-state index is 6.24. The molecule has 0 atom stereocenters. The smallest absolute Gasteiger partial charge is 0.0997 e. The number of benzene rings is 1. The Labute approximate surface area is 125 Å². The molecule has 0 saturated heterocycles. The van der Waals surface area contributed by atoms with Crippen molar-refractivity contribution in [2.75, 3.05) is 5.73 Å². The van der Waals surface area contributed by atoms with Gasteiger partial charge in [0.1, 0.15) is 0 Å². The fourth-order valence-corrected chi connectivity index (χ4v) is 2.48. The van der Waals surface area contributed by atoms with Crippen LogP contribution in [0.4, 0.5) is 5.69 Å². The molecule has 6 heteroatoms. The van der Waals surface area contributed by atoms with Gasteiger partial charge in [-0.3, -0.25) is 9.55 Å². The second-order valence-corrected chi connectivity index (χ2v) is 5.05. The maximum atomic E-state index is 6.24. The Morgan fingerprint density at radius 3 is 2.65 bits per heavy atom. The zero-order valence-electron chi connectivity index (χ0n) is 10.3. The van der Waals surface area contributed by atoms with E-state index >= 15 is 0 Å². The van der Waals surface area contributed by atoms with Crippen LogP contribution in [0.15, 0.2) is 49.2 Å². The zero-order valence-corrected chi connectivity index (χ0v) is 11.8. The SMILES string of the molecule is Nc1ccncc1-c1cncn1-c1ccc(Cl)cc1Cl. The predicted molar refractivity (Wildman–Crippen MR) is 81.2 cm³/mol. The topological polar surface area (TPSA) is 56.7 Å². The van der Waals surface area contributed by atoms with E-state index in [-0.39, 0.29) is 0 Å². The van der Waals surface area contributed by atoms with Crippen molar-refractivity contribution in [3.05, 3.63) is 59.2 Å². The summed E-state index contributed by atoms with van der Waals surface area (Å²) in [6.45, 7) is 0. The maximum Gasteiger partial charge on any atom is 0.0997 e. The van der Waals surface area contributed by atoms with Crippen molar-refractivity contribution in [1.82, 2.24) is 14.5 Å². The van der Waals surface area contributed by atoms with E-state index < -0.39 is 0 Å². The number of nitrogens with zero attached hydrogens (tertiary/aromatic N) is 3. The Hall–Kier alpha value is -2.04. The third-order valence-corrected chi connectivity index (χ3v) is 3.48. The van der Waals surface area contributed by atoms with Gasteiger partial charge in [0.05, 0.1) is 28.9 Å². The number of rotatable bonds is 2.